The molecule has 2 amide bonds. The van der Waals surface area contributed by atoms with Crippen LogP contribution in [0.2, 0.25) is 0 Å². The summed E-state index contributed by atoms with van der Waals surface area (Å²) in [5, 5.41) is 0. The molecule has 0 spiro atoms. The lowest BCUT2D eigenvalue weighted by molar-refractivity contribution is -0.142. The molecule has 2 saturated heterocycles. The molecular weight excluding hydrogens is 430 g/mol. The van der Waals surface area contributed by atoms with Gasteiger partial charge in [-0.2, -0.15) is 0 Å². The molecule has 0 aromatic heterocycles. The molecule has 5 nitrogen and oxygen atoms in total. The zero-order valence-electron chi connectivity index (χ0n) is 17.4. The molecule has 2 aliphatic rings. The largest absolute Gasteiger partial charge is 0.360 e. The Morgan fingerprint density at radius 2 is 1.26 bits per heavy atom. The molecule has 4 rings (SSSR count). The second kappa shape index (κ2) is 11.2. The molecule has 164 valence electrons. The van der Waals surface area contributed by atoms with Gasteiger partial charge in [-0.3, -0.25) is 14.5 Å². The fraction of sp³-hybridized carbons (Fsp3) is 0.417. The number of carbonyl (C=O) groups is 2. The van der Waals surface area contributed by atoms with E-state index in [1.54, 1.807) is 0 Å². The lowest BCUT2D eigenvalue weighted by Gasteiger charge is -2.17. The van der Waals surface area contributed by atoms with Gasteiger partial charge in [-0.15, -0.1) is 23.5 Å². The number of likely N-dealkylation sites (tertiary alicyclic amines) is 1. The number of rotatable bonds is 10. The lowest BCUT2D eigenvalue weighted by Crippen LogP contribution is -2.34. The van der Waals surface area contributed by atoms with Crippen molar-refractivity contribution in [3.63, 3.8) is 0 Å². The second-order valence-corrected chi connectivity index (χ2v) is 10.5. The Bertz CT molecular complexity index is 797. The van der Waals surface area contributed by atoms with Gasteiger partial charge >= 0.3 is 0 Å². The first kappa shape index (κ1) is 22.4. The van der Waals surface area contributed by atoms with Crippen molar-refractivity contribution in [2.24, 2.45) is 0 Å². The summed E-state index contributed by atoms with van der Waals surface area (Å²) in [7, 11) is 0. The van der Waals surface area contributed by atoms with E-state index in [-0.39, 0.29) is 25.0 Å². The van der Waals surface area contributed by atoms with Crippen LogP contribution in [-0.4, -0.2) is 51.6 Å². The van der Waals surface area contributed by atoms with Crippen LogP contribution in [0.15, 0.2) is 60.7 Å². The Balaban J connectivity index is 1.40. The van der Waals surface area contributed by atoms with Gasteiger partial charge in [-0.25, -0.2) is 0 Å². The SMILES string of the molecule is O=C1[C@H](OCc2ccccc2)[C@@H](OCc2ccccc2)C(=O)N1CCCC1SCCS1. The predicted octanol–water partition coefficient (Wildman–Crippen LogP) is 4.11. The van der Waals surface area contributed by atoms with Crippen molar-refractivity contribution in [3.8, 4) is 0 Å². The van der Waals surface area contributed by atoms with E-state index in [2.05, 4.69) is 0 Å². The summed E-state index contributed by atoms with van der Waals surface area (Å²) in [6, 6.07) is 19.3. The van der Waals surface area contributed by atoms with Crippen molar-refractivity contribution in [3.05, 3.63) is 71.8 Å². The number of thioether (sulfide) groups is 2. The van der Waals surface area contributed by atoms with E-state index < -0.39 is 12.2 Å². The first-order valence-corrected chi connectivity index (χ1v) is 12.7. The van der Waals surface area contributed by atoms with Gasteiger partial charge in [0.2, 0.25) is 0 Å². The average molecular weight is 458 g/mol. The number of amides is 2. The van der Waals surface area contributed by atoms with Crippen LogP contribution in [0.3, 0.4) is 0 Å². The first-order valence-electron chi connectivity index (χ1n) is 10.6. The topological polar surface area (TPSA) is 55.8 Å². The zero-order chi connectivity index (χ0) is 21.5. The molecule has 0 saturated carbocycles. The average Bonchev–Trinajstić information content (AvgIpc) is 3.40. The Labute approximate surface area is 191 Å². The van der Waals surface area contributed by atoms with Gasteiger partial charge in [-0.1, -0.05) is 60.7 Å². The number of carbonyl (C=O) groups excluding carboxylic acids is 2. The fourth-order valence-corrected chi connectivity index (χ4v) is 6.65. The van der Waals surface area contributed by atoms with Gasteiger partial charge in [0.25, 0.3) is 11.8 Å². The summed E-state index contributed by atoms with van der Waals surface area (Å²) in [5.41, 5.74) is 1.91. The highest BCUT2D eigenvalue weighted by Gasteiger charge is 2.49. The third kappa shape index (κ3) is 5.92. The van der Waals surface area contributed by atoms with E-state index in [4.69, 9.17) is 9.47 Å². The molecule has 0 unspecified atom stereocenters. The van der Waals surface area contributed by atoms with Crippen LogP contribution >= 0.6 is 23.5 Å². The van der Waals surface area contributed by atoms with E-state index in [9.17, 15) is 9.59 Å². The Hall–Kier alpha value is -1.80. The van der Waals surface area contributed by atoms with Crippen molar-refractivity contribution in [1.82, 2.24) is 4.90 Å². The molecule has 31 heavy (non-hydrogen) atoms. The molecular formula is C24H27NO4S2. The van der Waals surface area contributed by atoms with Crippen molar-refractivity contribution in [2.75, 3.05) is 18.1 Å². The first-order chi connectivity index (χ1) is 15.2. The number of benzene rings is 2. The second-order valence-electron chi connectivity index (χ2n) is 7.58. The van der Waals surface area contributed by atoms with E-state index in [0.29, 0.717) is 11.1 Å². The van der Waals surface area contributed by atoms with E-state index in [1.165, 1.54) is 16.4 Å². The maximum Gasteiger partial charge on any atom is 0.261 e. The minimum Gasteiger partial charge on any atom is -0.360 e. The Morgan fingerprint density at radius 3 is 1.74 bits per heavy atom. The van der Waals surface area contributed by atoms with Crippen LogP contribution in [-0.2, 0) is 32.3 Å². The highest BCUT2D eigenvalue weighted by Crippen LogP contribution is 2.35. The van der Waals surface area contributed by atoms with E-state index >= 15 is 0 Å². The molecule has 7 heteroatoms. The number of ether oxygens (including phenoxy) is 2. The van der Waals surface area contributed by atoms with Crippen LogP contribution < -0.4 is 0 Å². The van der Waals surface area contributed by atoms with Crippen LogP contribution in [0.5, 0.6) is 0 Å². The molecule has 2 aromatic rings. The molecule has 2 fully saturated rings. The number of nitrogens with zero attached hydrogens (tertiary/aromatic N) is 1. The maximum absolute atomic E-state index is 13.1. The van der Waals surface area contributed by atoms with Crippen molar-refractivity contribution in [1.29, 1.82) is 0 Å². The summed E-state index contributed by atoms with van der Waals surface area (Å²) in [5.74, 6) is 1.79. The Morgan fingerprint density at radius 1 is 0.774 bits per heavy atom. The van der Waals surface area contributed by atoms with Crippen molar-refractivity contribution >= 4 is 35.3 Å². The Kier molecular flexibility index (Phi) is 8.08. The molecule has 0 aliphatic carbocycles. The number of hydrogen-bond acceptors (Lipinski definition) is 6. The third-order valence-electron chi connectivity index (χ3n) is 5.35. The molecule has 2 heterocycles. The minimum absolute atomic E-state index is 0.263. The van der Waals surface area contributed by atoms with Crippen molar-refractivity contribution < 1.29 is 19.1 Å². The van der Waals surface area contributed by atoms with Crippen LogP contribution in [0.4, 0.5) is 0 Å². The molecule has 0 bridgehead atoms. The highest BCUT2D eigenvalue weighted by atomic mass is 32.2. The van der Waals surface area contributed by atoms with Gasteiger partial charge in [-0.05, 0) is 24.0 Å². The predicted molar refractivity (Wildman–Crippen MR) is 125 cm³/mol. The number of imide groups is 1. The monoisotopic (exact) mass is 457 g/mol. The summed E-state index contributed by atoms with van der Waals surface area (Å²) in [4.78, 5) is 27.5. The van der Waals surface area contributed by atoms with E-state index in [1.807, 2.05) is 84.2 Å². The standard InChI is InChI=1S/C24H27NO4S2/c26-23-21(28-16-18-8-3-1-4-9-18)22(29-17-19-10-5-2-6-11-19)24(27)25(23)13-7-12-20-30-14-15-31-20/h1-6,8-11,20-22H,7,12-17H2/t21-,22-/m1/s1. The quantitative estimate of drug-likeness (QED) is 0.501. The molecule has 2 atom stereocenters. The summed E-state index contributed by atoms with van der Waals surface area (Å²) in [6.07, 6.45) is -0.0190. The molecule has 2 aliphatic heterocycles. The van der Waals surface area contributed by atoms with Crippen molar-refractivity contribution in [2.45, 2.75) is 42.8 Å². The maximum atomic E-state index is 13.1. The molecule has 2 aromatic carbocycles. The van der Waals surface area contributed by atoms with Gasteiger partial charge in [0, 0.05) is 18.1 Å². The summed E-state index contributed by atoms with van der Waals surface area (Å²) >= 11 is 3.93. The third-order valence-corrected chi connectivity index (χ3v) is 8.52. The highest BCUT2D eigenvalue weighted by molar-refractivity contribution is 8.20. The van der Waals surface area contributed by atoms with Crippen LogP contribution in [0, 0.1) is 0 Å². The molecule has 0 N–H and O–H groups in total. The van der Waals surface area contributed by atoms with Gasteiger partial charge in [0.05, 0.1) is 17.8 Å². The van der Waals surface area contributed by atoms with Gasteiger partial charge in [0.15, 0.2) is 12.2 Å². The smallest absolute Gasteiger partial charge is 0.261 e. The number of hydrogen-bond donors (Lipinski definition) is 0. The summed E-state index contributed by atoms with van der Waals surface area (Å²) < 4.78 is 12.4. The van der Waals surface area contributed by atoms with Crippen LogP contribution in [0.1, 0.15) is 24.0 Å². The van der Waals surface area contributed by atoms with Crippen LogP contribution in [0.25, 0.3) is 0 Å². The molecule has 0 radical (unpaired) electrons. The van der Waals surface area contributed by atoms with Gasteiger partial charge in [0.1, 0.15) is 0 Å². The van der Waals surface area contributed by atoms with Gasteiger partial charge < -0.3 is 9.47 Å². The summed E-state index contributed by atoms with van der Waals surface area (Å²) in [6.45, 7) is 0.948. The van der Waals surface area contributed by atoms with E-state index in [0.717, 1.165) is 24.0 Å². The fourth-order valence-electron chi connectivity index (χ4n) is 3.72. The normalized spacial score (nSPS) is 21.9. The lowest BCUT2D eigenvalue weighted by atomic mass is 10.2. The zero-order valence-corrected chi connectivity index (χ0v) is 19.0. The minimum atomic E-state index is -0.911.